The second-order valence-corrected chi connectivity index (χ2v) is 7.14. The maximum Gasteiger partial charge on any atom is 0.137 e. The number of rotatable bonds is 2. The van der Waals surface area contributed by atoms with E-state index in [4.69, 9.17) is 0 Å². The number of fused-ring (bicyclic) bond motifs is 3. The fourth-order valence-electron chi connectivity index (χ4n) is 5.11. The fourth-order valence-corrected chi connectivity index (χ4v) is 5.11. The van der Waals surface area contributed by atoms with Gasteiger partial charge in [0.25, 0.3) is 0 Å². The fraction of sp³-hybridized carbons (Fsp3) is 0.632. The molecule has 0 radical (unpaired) electrons. The molecule has 21 heavy (non-hydrogen) atoms. The molecule has 3 aliphatic carbocycles. The second kappa shape index (κ2) is 5.57. The second-order valence-electron chi connectivity index (χ2n) is 7.14. The summed E-state index contributed by atoms with van der Waals surface area (Å²) in [5.41, 5.74) is 1.47. The largest absolute Gasteiger partial charge is 0.299 e. The molecule has 0 amide bonds. The molecular weight excluding hydrogens is 258 g/mol. The molecule has 0 aromatic heterocycles. The van der Waals surface area contributed by atoms with E-state index >= 15 is 0 Å². The van der Waals surface area contributed by atoms with Crippen LogP contribution in [-0.4, -0.2) is 29.8 Å². The van der Waals surface area contributed by atoms with E-state index in [2.05, 4.69) is 35.2 Å². The highest BCUT2D eigenvalue weighted by Gasteiger charge is 2.50. The average Bonchev–Trinajstić information content (AvgIpc) is 2.56. The summed E-state index contributed by atoms with van der Waals surface area (Å²) in [6, 6.07) is 11.5. The first-order chi connectivity index (χ1) is 10.3. The highest BCUT2D eigenvalue weighted by atomic mass is 16.1. The Kier molecular flexibility index (Phi) is 3.58. The predicted octanol–water partition coefficient (Wildman–Crippen LogP) is 3.62. The monoisotopic (exact) mass is 283 g/mol. The summed E-state index contributed by atoms with van der Waals surface area (Å²) in [5.74, 6) is 2.02. The number of carbonyl (C=O) groups is 1. The minimum Gasteiger partial charge on any atom is -0.299 e. The summed E-state index contributed by atoms with van der Waals surface area (Å²) >= 11 is 0. The van der Waals surface area contributed by atoms with Crippen LogP contribution in [-0.2, 0) is 4.79 Å². The van der Waals surface area contributed by atoms with Gasteiger partial charge in [0.1, 0.15) is 5.78 Å². The highest BCUT2D eigenvalue weighted by Crippen LogP contribution is 2.50. The highest BCUT2D eigenvalue weighted by molar-refractivity contribution is 5.84. The van der Waals surface area contributed by atoms with Crippen LogP contribution in [0.5, 0.6) is 0 Å². The van der Waals surface area contributed by atoms with Gasteiger partial charge in [0, 0.05) is 24.3 Å². The van der Waals surface area contributed by atoms with Crippen LogP contribution < -0.4 is 0 Å². The smallest absolute Gasteiger partial charge is 0.137 e. The molecule has 2 heteroatoms. The lowest BCUT2D eigenvalue weighted by molar-refractivity contribution is -0.135. The maximum atomic E-state index is 12.5. The van der Waals surface area contributed by atoms with Crippen molar-refractivity contribution in [3.63, 3.8) is 0 Å². The summed E-state index contributed by atoms with van der Waals surface area (Å²) in [5, 5.41) is 0. The van der Waals surface area contributed by atoms with Gasteiger partial charge in [-0.1, -0.05) is 36.8 Å². The van der Waals surface area contributed by atoms with Gasteiger partial charge in [-0.05, 0) is 50.3 Å². The van der Waals surface area contributed by atoms with E-state index in [1.54, 1.807) is 0 Å². The van der Waals surface area contributed by atoms with Crippen LogP contribution in [0.3, 0.4) is 0 Å². The Hall–Kier alpha value is -1.15. The van der Waals surface area contributed by atoms with Crippen molar-refractivity contribution in [3.8, 4) is 0 Å². The van der Waals surface area contributed by atoms with Crippen molar-refractivity contribution in [2.45, 2.75) is 50.5 Å². The zero-order valence-electron chi connectivity index (χ0n) is 12.7. The van der Waals surface area contributed by atoms with Crippen LogP contribution in [0.15, 0.2) is 30.3 Å². The van der Waals surface area contributed by atoms with Crippen molar-refractivity contribution in [1.82, 2.24) is 4.90 Å². The summed E-state index contributed by atoms with van der Waals surface area (Å²) in [6.07, 6.45) is 7.19. The number of Topliss-reactive ketones (excluding diaryl/α,β-unsaturated/α-hetero) is 1. The molecule has 4 atom stereocenters. The first kappa shape index (κ1) is 13.5. The Balaban J connectivity index is 1.69. The van der Waals surface area contributed by atoms with Crippen LogP contribution in [0.2, 0.25) is 0 Å². The molecule has 0 unspecified atom stereocenters. The Morgan fingerprint density at radius 3 is 2.43 bits per heavy atom. The number of piperidine rings is 1. The molecule has 1 saturated heterocycles. The lowest BCUT2D eigenvalue weighted by Gasteiger charge is -2.53. The third-order valence-electron chi connectivity index (χ3n) is 6.01. The number of nitrogens with zero attached hydrogens (tertiary/aromatic N) is 1. The van der Waals surface area contributed by atoms with E-state index < -0.39 is 0 Å². The van der Waals surface area contributed by atoms with Gasteiger partial charge in [-0.3, -0.25) is 9.69 Å². The van der Waals surface area contributed by atoms with Gasteiger partial charge >= 0.3 is 0 Å². The van der Waals surface area contributed by atoms with Crippen LogP contribution in [0.1, 0.15) is 50.0 Å². The van der Waals surface area contributed by atoms with E-state index in [1.165, 1.54) is 44.3 Å². The Labute approximate surface area is 127 Å². The van der Waals surface area contributed by atoms with Crippen molar-refractivity contribution >= 4 is 5.78 Å². The lowest BCUT2D eigenvalue weighted by Crippen LogP contribution is -2.56. The molecule has 2 bridgehead atoms. The van der Waals surface area contributed by atoms with Gasteiger partial charge in [0.2, 0.25) is 0 Å². The zero-order chi connectivity index (χ0) is 14.2. The number of ketones is 1. The SMILES string of the molecule is O=C1C[C@@H]2CC[C@H]1[C@H](N1CCCCC1)[C@H]2c1ccccc1. The third kappa shape index (κ3) is 2.34. The zero-order valence-corrected chi connectivity index (χ0v) is 12.7. The summed E-state index contributed by atoms with van der Waals surface area (Å²) in [7, 11) is 0. The number of hydrogen-bond donors (Lipinski definition) is 0. The molecule has 0 N–H and O–H groups in total. The molecule has 5 rings (SSSR count). The molecule has 4 aliphatic rings. The minimum absolute atomic E-state index is 0.304. The number of hydrogen-bond acceptors (Lipinski definition) is 2. The molecular formula is C19H25NO. The van der Waals surface area contributed by atoms with Crippen molar-refractivity contribution in [3.05, 3.63) is 35.9 Å². The summed E-state index contributed by atoms with van der Waals surface area (Å²) in [4.78, 5) is 15.1. The molecule has 2 nitrogen and oxygen atoms in total. The summed E-state index contributed by atoms with van der Waals surface area (Å²) < 4.78 is 0. The topological polar surface area (TPSA) is 20.3 Å². The van der Waals surface area contributed by atoms with Gasteiger partial charge in [-0.25, -0.2) is 0 Å². The number of benzene rings is 1. The van der Waals surface area contributed by atoms with E-state index in [1.807, 2.05) is 0 Å². The Morgan fingerprint density at radius 2 is 1.71 bits per heavy atom. The van der Waals surface area contributed by atoms with Gasteiger partial charge in [0.05, 0.1) is 0 Å². The summed E-state index contributed by atoms with van der Waals surface area (Å²) in [6.45, 7) is 2.40. The lowest BCUT2D eigenvalue weighted by atomic mass is 9.58. The third-order valence-corrected chi connectivity index (χ3v) is 6.01. The molecule has 1 aliphatic heterocycles. The van der Waals surface area contributed by atoms with Crippen LogP contribution >= 0.6 is 0 Å². The van der Waals surface area contributed by atoms with Gasteiger partial charge in [-0.2, -0.15) is 0 Å². The number of likely N-dealkylation sites (tertiary alicyclic amines) is 1. The molecule has 1 heterocycles. The Morgan fingerprint density at radius 1 is 0.952 bits per heavy atom. The van der Waals surface area contributed by atoms with E-state index in [0.29, 0.717) is 29.6 Å². The van der Waals surface area contributed by atoms with E-state index in [0.717, 1.165) is 12.8 Å². The molecule has 4 fully saturated rings. The predicted molar refractivity (Wildman–Crippen MR) is 84.2 cm³/mol. The quantitative estimate of drug-likeness (QED) is 0.826. The van der Waals surface area contributed by atoms with Gasteiger partial charge in [-0.15, -0.1) is 0 Å². The standard InChI is InChI=1S/C19H25NO/c21-17-13-15-9-10-16(17)19(20-11-5-2-6-12-20)18(15)14-7-3-1-4-8-14/h1,3-4,7-8,15-16,18-19H,2,5-6,9-13H2/t15-,16+,18-,19-/m0/s1. The molecule has 1 aromatic rings. The molecule has 3 saturated carbocycles. The van der Waals surface area contributed by atoms with Crippen molar-refractivity contribution in [2.75, 3.05) is 13.1 Å². The first-order valence-corrected chi connectivity index (χ1v) is 8.66. The number of carbonyl (C=O) groups excluding carboxylic acids is 1. The van der Waals surface area contributed by atoms with Crippen molar-refractivity contribution < 1.29 is 4.79 Å². The van der Waals surface area contributed by atoms with Crippen molar-refractivity contribution in [2.24, 2.45) is 11.8 Å². The normalized spacial score (nSPS) is 36.9. The minimum atomic E-state index is 0.304. The van der Waals surface area contributed by atoms with Crippen LogP contribution in [0.25, 0.3) is 0 Å². The maximum absolute atomic E-state index is 12.5. The van der Waals surface area contributed by atoms with Gasteiger partial charge in [0.15, 0.2) is 0 Å². The van der Waals surface area contributed by atoms with Crippen LogP contribution in [0, 0.1) is 11.8 Å². The Bertz CT molecular complexity index is 506. The van der Waals surface area contributed by atoms with E-state index in [-0.39, 0.29) is 0 Å². The first-order valence-electron chi connectivity index (χ1n) is 8.66. The molecule has 0 spiro atoms. The average molecular weight is 283 g/mol. The molecule has 112 valence electrons. The van der Waals surface area contributed by atoms with E-state index in [9.17, 15) is 4.79 Å². The molecule has 1 aromatic carbocycles. The van der Waals surface area contributed by atoms with Crippen molar-refractivity contribution in [1.29, 1.82) is 0 Å². The van der Waals surface area contributed by atoms with Crippen LogP contribution in [0.4, 0.5) is 0 Å². The van der Waals surface area contributed by atoms with Gasteiger partial charge < -0.3 is 0 Å².